The molecule has 0 aromatic heterocycles. The van der Waals surface area contributed by atoms with Gasteiger partial charge in [-0.15, -0.1) is 0 Å². The lowest BCUT2D eigenvalue weighted by atomic mass is 9.84. The normalized spacial score (nSPS) is 25.0. The first-order chi connectivity index (χ1) is 56.7. The lowest BCUT2D eigenvalue weighted by Gasteiger charge is -2.50. The highest BCUT2D eigenvalue weighted by Crippen LogP contribution is 2.49. The molecule has 25 nitrogen and oxygen atoms in total. The van der Waals surface area contributed by atoms with E-state index >= 15 is 0 Å². The first-order valence-corrected chi connectivity index (χ1v) is 49.3. The van der Waals surface area contributed by atoms with E-state index < -0.39 is 162 Å². The van der Waals surface area contributed by atoms with Gasteiger partial charge in [-0.2, -0.15) is 0 Å². The number of phosphoric acid groups is 1. The van der Waals surface area contributed by atoms with Crippen LogP contribution in [0, 0.1) is 0 Å². The fraction of sp³-hybridized carbons (Fsp3) is 0.956. The maximum atomic E-state index is 14.9. The Morgan fingerprint density at radius 3 is 0.932 bits per heavy atom. The third-order valence-corrected chi connectivity index (χ3v) is 24.6. The Balaban J connectivity index is 1.91. The van der Waals surface area contributed by atoms with Gasteiger partial charge in [-0.1, -0.05) is 374 Å². The van der Waals surface area contributed by atoms with E-state index in [1.54, 1.807) is 0 Å². The number of carbonyl (C=O) groups is 4. The Labute approximate surface area is 706 Å². The summed E-state index contributed by atoms with van der Waals surface area (Å²) in [5, 5.41) is 102. The zero-order chi connectivity index (χ0) is 85.4. The summed E-state index contributed by atoms with van der Waals surface area (Å²) in [6.45, 7) is 5.64. The smallest absolute Gasteiger partial charge is 0.463 e. The molecule has 3 fully saturated rings. The summed E-state index contributed by atoms with van der Waals surface area (Å²) in [6, 6.07) is 0. The number of hydrogen-bond donors (Lipinski definition) is 10. The molecule has 1 saturated carbocycles. The number of hydrogen-bond acceptors (Lipinski definition) is 24. The van der Waals surface area contributed by atoms with Crippen LogP contribution in [-0.2, 0) is 70.7 Å². The molecule has 2 aliphatic heterocycles. The fourth-order valence-electron chi connectivity index (χ4n) is 16.0. The molecule has 2 saturated heterocycles. The first kappa shape index (κ1) is 109. The van der Waals surface area contributed by atoms with Gasteiger partial charge in [-0.3, -0.25) is 28.2 Å². The molecule has 0 bridgehead atoms. The molecule has 1 aliphatic carbocycles. The Bertz CT molecular complexity index is 2430. The van der Waals surface area contributed by atoms with Crippen LogP contribution >= 0.6 is 7.82 Å². The van der Waals surface area contributed by atoms with Crippen molar-refractivity contribution in [3.8, 4) is 0 Å². The van der Waals surface area contributed by atoms with Crippen molar-refractivity contribution in [3.63, 3.8) is 0 Å². The summed E-state index contributed by atoms with van der Waals surface area (Å²) in [6.07, 6.45) is 28.0. The number of aliphatic hydroxyl groups excluding tert-OH is 9. The van der Waals surface area contributed by atoms with E-state index in [1.165, 1.54) is 212 Å². The Morgan fingerprint density at radius 1 is 0.308 bits per heavy atom. The van der Waals surface area contributed by atoms with Crippen molar-refractivity contribution >= 4 is 31.7 Å². The van der Waals surface area contributed by atoms with Crippen molar-refractivity contribution in [2.24, 2.45) is 0 Å². The molecule has 3 rings (SSSR count). The average molecular weight is 1700 g/mol. The zero-order valence-corrected chi connectivity index (χ0v) is 74.4. The molecular weight excluding hydrogens is 1520 g/mol. The van der Waals surface area contributed by atoms with Crippen LogP contribution in [0.25, 0.3) is 0 Å². The highest BCUT2D eigenvalue weighted by atomic mass is 31.2. The van der Waals surface area contributed by atoms with Gasteiger partial charge in [0.2, 0.25) is 0 Å². The number of esters is 4. The first-order valence-electron chi connectivity index (χ1n) is 47.8. The number of phosphoric ester groups is 1. The monoisotopic (exact) mass is 1700 g/mol. The second-order valence-corrected chi connectivity index (χ2v) is 35.7. The summed E-state index contributed by atoms with van der Waals surface area (Å²) in [4.78, 5) is 66.5. The molecule has 18 atom stereocenters. The van der Waals surface area contributed by atoms with Crippen molar-refractivity contribution in [1.82, 2.24) is 0 Å². The van der Waals surface area contributed by atoms with Crippen LogP contribution in [0.4, 0.5) is 0 Å². The summed E-state index contributed by atoms with van der Waals surface area (Å²) in [5.74, 6) is -2.94. The van der Waals surface area contributed by atoms with Crippen LogP contribution in [0.3, 0.4) is 0 Å². The molecular formula is C91H171O25P. The van der Waals surface area contributed by atoms with Crippen LogP contribution in [0.15, 0.2) is 0 Å². The fourth-order valence-corrected chi connectivity index (χ4v) is 17.0. The second kappa shape index (κ2) is 70.7. The van der Waals surface area contributed by atoms with Crippen LogP contribution < -0.4 is 0 Å². The predicted molar refractivity (Wildman–Crippen MR) is 453 cm³/mol. The van der Waals surface area contributed by atoms with Crippen molar-refractivity contribution < 1.29 is 122 Å². The van der Waals surface area contributed by atoms with E-state index in [2.05, 4.69) is 27.7 Å². The van der Waals surface area contributed by atoms with Gasteiger partial charge in [0.05, 0.1) is 13.2 Å². The minimum Gasteiger partial charge on any atom is -0.463 e. The van der Waals surface area contributed by atoms with Gasteiger partial charge in [0.1, 0.15) is 92.6 Å². The van der Waals surface area contributed by atoms with Gasteiger partial charge in [0, 0.05) is 25.7 Å². The van der Waals surface area contributed by atoms with Gasteiger partial charge >= 0.3 is 31.7 Å². The van der Waals surface area contributed by atoms with E-state index in [-0.39, 0.29) is 25.7 Å². The summed E-state index contributed by atoms with van der Waals surface area (Å²) < 4.78 is 73.5. The summed E-state index contributed by atoms with van der Waals surface area (Å²) >= 11 is 0. The van der Waals surface area contributed by atoms with Gasteiger partial charge < -0.3 is 88.7 Å². The third kappa shape index (κ3) is 50.9. The predicted octanol–water partition coefficient (Wildman–Crippen LogP) is 17.8. The molecule has 26 heteroatoms. The second-order valence-electron chi connectivity index (χ2n) is 34.3. The van der Waals surface area contributed by atoms with Crippen LogP contribution in [0.1, 0.15) is 426 Å². The number of carbonyl (C=O) groups excluding carboxylic acids is 4. The van der Waals surface area contributed by atoms with E-state index in [1.807, 2.05) is 0 Å². The molecule has 18 unspecified atom stereocenters. The summed E-state index contributed by atoms with van der Waals surface area (Å²) in [5.41, 5.74) is 0. The zero-order valence-electron chi connectivity index (χ0n) is 73.5. The average Bonchev–Trinajstić information content (AvgIpc) is 0.755. The largest absolute Gasteiger partial charge is 0.472 e. The highest BCUT2D eigenvalue weighted by molar-refractivity contribution is 7.47. The Kier molecular flexibility index (Phi) is 65.7. The third-order valence-electron chi connectivity index (χ3n) is 23.6. The van der Waals surface area contributed by atoms with Gasteiger partial charge in [0.15, 0.2) is 24.8 Å². The van der Waals surface area contributed by atoms with Gasteiger partial charge in [-0.25, -0.2) is 4.57 Å². The lowest BCUT2D eigenvalue weighted by Crippen LogP contribution is -2.70. The molecule has 2 heterocycles. The van der Waals surface area contributed by atoms with Crippen LogP contribution in [0.5, 0.6) is 0 Å². The lowest BCUT2D eigenvalue weighted by molar-refractivity contribution is -0.360. The number of unbranched alkanes of at least 4 members (excludes halogenated alkanes) is 54. The molecule has 0 amide bonds. The molecule has 10 N–H and O–H groups in total. The van der Waals surface area contributed by atoms with Gasteiger partial charge in [0.25, 0.3) is 0 Å². The SMILES string of the molecule is CCCCCCCCCCCCCCCCCC(=O)OCC(COP(=O)(O)OC1C(OC2OC(CO)C(O)C(O)C2O)C(O)C(O)C(OC(=O)CCCCCCCCCCCCCCCCC)C1OC1OC(COC(=O)CCCCCCCCCCCCCCC)C(O)C(O)C1O)OC(=O)CCCCCCCCCCCCCCCCC. The van der Waals surface area contributed by atoms with Crippen molar-refractivity contribution in [1.29, 1.82) is 0 Å². The number of aliphatic hydroxyl groups is 9. The topological polar surface area (TPSA) is 380 Å². The number of ether oxygens (including phenoxy) is 8. The van der Waals surface area contributed by atoms with Crippen LogP contribution in [0.2, 0.25) is 0 Å². The Morgan fingerprint density at radius 2 is 0.590 bits per heavy atom. The van der Waals surface area contributed by atoms with E-state index in [9.17, 15) is 74.6 Å². The minimum atomic E-state index is -5.80. The number of rotatable bonds is 78. The maximum Gasteiger partial charge on any atom is 0.472 e. The molecule has 117 heavy (non-hydrogen) atoms. The molecule has 0 aromatic rings. The maximum absolute atomic E-state index is 14.9. The van der Waals surface area contributed by atoms with Crippen molar-refractivity contribution in [2.75, 3.05) is 26.4 Å². The standard InChI is InChI=1S/C91H171O25P/c1-5-9-13-17-21-25-29-33-36-40-44-47-51-55-59-63-74(93)107-68-71(110-76(95)65-61-57-53-49-45-41-37-34-30-26-22-18-14-10-6-2)69-109-117(105,106)116-89-87(114-90-84(103)80(99)78(97)72(67-92)111-90)83(102)82(101)86(113-77(96)66-62-58-54-50-46-42-38-35-31-27-23-19-15-11-7-3)88(89)115-91-85(104)81(100)79(98)73(112-91)70-108-75(94)64-60-56-52-48-43-39-32-28-24-20-16-12-8-4/h71-73,78-92,97-104H,5-70H2,1-4H3,(H,105,106). The van der Waals surface area contributed by atoms with E-state index in [0.717, 1.165) is 128 Å². The van der Waals surface area contributed by atoms with Crippen LogP contribution in [-0.4, -0.2) is 205 Å². The summed E-state index contributed by atoms with van der Waals surface area (Å²) in [7, 11) is -5.80. The highest BCUT2D eigenvalue weighted by Gasteiger charge is 2.60. The minimum absolute atomic E-state index is 0.0199. The van der Waals surface area contributed by atoms with Gasteiger partial charge in [-0.05, 0) is 25.7 Å². The molecule has 690 valence electrons. The van der Waals surface area contributed by atoms with Crippen molar-refractivity contribution in [2.45, 2.75) is 530 Å². The van der Waals surface area contributed by atoms with E-state index in [0.29, 0.717) is 32.1 Å². The molecule has 0 aromatic carbocycles. The Hall–Kier alpha value is -2.53. The molecule has 0 spiro atoms. The quantitative estimate of drug-likeness (QED) is 0.0117. The van der Waals surface area contributed by atoms with Crippen molar-refractivity contribution in [3.05, 3.63) is 0 Å². The van der Waals surface area contributed by atoms with E-state index in [4.69, 9.17) is 46.9 Å². The molecule has 3 aliphatic rings. The molecule has 0 radical (unpaired) electrons.